The van der Waals surface area contributed by atoms with Crippen molar-refractivity contribution in [2.24, 2.45) is 5.92 Å². The third kappa shape index (κ3) is 4.41. The Labute approximate surface area is 195 Å². The Morgan fingerprint density at radius 2 is 1.64 bits per heavy atom. The van der Waals surface area contributed by atoms with E-state index in [0.29, 0.717) is 17.8 Å². The molecule has 5 nitrogen and oxygen atoms in total. The van der Waals surface area contributed by atoms with Gasteiger partial charge in [-0.25, -0.2) is 4.98 Å². The molecule has 3 aliphatic rings. The van der Waals surface area contributed by atoms with E-state index in [1.165, 1.54) is 24.0 Å². The fraction of sp³-hybridized carbons (Fsp3) is 0.536. The molecule has 0 spiro atoms. The van der Waals surface area contributed by atoms with Crippen molar-refractivity contribution in [2.45, 2.75) is 75.4 Å². The van der Waals surface area contributed by atoms with E-state index < -0.39 is 6.10 Å². The maximum atomic E-state index is 11.5. The molecule has 1 saturated heterocycles. The monoisotopic (exact) mass is 446 g/mol. The number of ether oxygens (including phenoxy) is 2. The summed E-state index contributed by atoms with van der Waals surface area (Å²) in [5, 5.41) is 11.5. The van der Waals surface area contributed by atoms with Crippen LogP contribution in [0.25, 0.3) is 5.52 Å². The number of nitrogens with zero attached hydrogens (tertiary/aromatic N) is 2. The van der Waals surface area contributed by atoms with Crippen LogP contribution in [0.1, 0.15) is 86.0 Å². The number of aliphatic hydroxyl groups excluding tert-OH is 1. The minimum Gasteiger partial charge on any atom is -0.490 e. The minimum absolute atomic E-state index is 0.280. The highest BCUT2D eigenvalue weighted by atomic mass is 16.5. The van der Waals surface area contributed by atoms with Crippen LogP contribution in [0.4, 0.5) is 0 Å². The van der Waals surface area contributed by atoms with Crippen LogP contribution < -0.4 is 4.74 Å². The maximum Gasteiger partial charge on any atom is 0.119 e. The fourth-order valence-electron chi connectivity index (χ4n) is 5.91. The number of imidazole rings is 1. The van der Waals surface area contributed by atoms with Gasteiger partial charge in [0.05, 0.1) is 37.4 Å². The summed E-state index contributed by atoms with van der Waals surface area (Å²) >= 11 is 0. The average Bonchev–Trinajstić information content (AvgIpc) is 3.60. The van der Waals surface area contributed by atoms with Crippen LogP contribution in [0.5, 0.6) is 5.75 Å². The quantitative estimate of drug-likeness (QED) is 0.522. The van der Waals surface area contributed by atoms with Gasteiger partial charge < -0.3 is 19.0 Å². The van der Waals surface area contributed by atoms with Crippen LogP contribution >= 0.6 is 0 Å². The van der Waals surface area contributed by atoms with E-state index in [-0.39, 0.29) is 6.10 Å². The Kier molecular flexibility index (Phi) is 5.85. The molecule has 5 heteroatoms. The molecule has 1 aromatic carbocycles. The molecule has 0 radical (unpaired) electrons. The summed E-state index contributed by atoms with van der Waals surface area (Å²) in [6, 6.07) is 11.0. The van der Waals surface area contributed by atoms with E-state index in [2.05, 4.69) is 45.9 Å². The number of rotatable bonds is 6. The van der Waals surface area contributed by atoms with Gasteiger partial charge in [-0.15, -0.1) is 0 Å². The highest BCUT2D eigenvalue weighted by molar-refractivity contribution is 5.59. The Morgan fingerprint density at radius 3 is 2.36 bits per heavy atom. The number of benzene rings is 1. The molecule has 0 bridgehead atoms. The lowest BCUT2D eigenvalue weighted by molar-refractivity contribution is 0.0255. The lowest BCUT2D eigenvalue weighted by atomic mass is 9.75. The first-order valence-electron chi connectivity index (χ1n) is 12.7. The SMILES string of the molecule is O[C@@H](c1c(C2CC2)ccn2cncc12)C1CCC(c2ccc(OC3CCOCC3)cc2)CC1. The molecule has 0 amide bonds. The molecular weight excluding hydrogens is 412 g/mol. The Hall–Kier alpha value is -2.37. The van der Waals surface area contributed by atoms with E-state index in [1.54, 1.807) is 0 Å². The van der Waals surface area contributed by atoms with Gasteiger partial charge in [0.2, 0.25) is 0 Å². The zero-order valence-corrected chi connectivity index (χ0v) is 19.2. The molecule has 33 heavy (non-hydrogen) atoms. The summed E-state index contributed by atoms with van der Waals surface area (Å²) in [6.45, 7) is 1.60. The smallest absolute Gasteiger partial charge is 0.119 e. The van der Waals surface area contributed by atoms with Crippen molar-refractivity contribution in [3.63, 3.8) is 0 Å². The number of hydrogen-bond donors (Lipinski definition) is 1. The van der Waals surface area contributed by atoms with E-state index in [0.717, 1.165) is 68.6 Å². The fourth-order valence-corrected chi connectivity index (χ4v) is 5.91. The van der Waals surface area contributed by atoms with Crippen LogP contribution in [-0.4, -0.2) is 33.8 Å². The highest BCUT2D eigenvalue weighted by Gasteiger charge is 2.34. The Bertz CT molecular complexity index is 1070. The second kappa shape index (κ2) is 9.11. The van der Waals surface area contributed by atoms with Gasteiger partial charge in [-0.05, 0) is 85.6 Å². The first kappa shape index (κ1) is 21.2. The molecular formula is C28H34N2O3. The standard InChI is InChI=1S/C28H34N2O3/c31-28(27-25(21-3-4-21)11-14-30-18-29-17-26(27)30)22-5-1-19(2-6-22)20-7-9-23(10-8-20)33-24-12-15-32-16-13-24/h7-11,14,17-19,21-22,24,28,31H,1-6,12-13,15-16H2/t19?,22?,28-/m1/s1. The average molecular weight is 447 g/mol. The molecule has 2 aliphatic carbocycles. The predicted molar refractivity (Wildman–Crippen MR) is 128 cm³/mol. The van der Waals surface area contributed by atoms with Crippen LogP contribution in [0.15, 0.2) is 49.1 Å². The van der Waals surface area contributed by atoms with E-state index in [4.69, 9.17) is 9.47 Å². The van der Waals surface area contributed by atoms with Crippen LogP contribution in [0, 0.1) is 5.92 Å². The van der Waals surface area contributed by atoms with Crippen molar-refractivity contribution < 1.29 is 14.6 Å². The van der Waals surface area contributed by atoms with E-state index in [1.807, 2.05) is 12.5 Å². The molecule has 174 valence electrons. The maximum absolute atomic E-state index is 11.5. The van der Waals surface area contributed by atoms with Crippen molar-refractivity contribution in [3.8, 4) is 5.75 Å². The molecule has 6 rings (SSSR count). The summed E-state index contributed by atoms with van der Waals surface area (Å²) < 4.78 is 13.6. The lowest BCUT2D eigenvalue weighted by Crippen LogP contribution is -2.25. The zero-order valence-electron chi connectivity index (χ0n) is 19.2. The summed E-state index contributed by atoms with van der Waals surface area (Å²) in [5.74, 6) is 2.47. The minimum atomic E-state index is -0.405. The van der Waals surface area contributed by atoms with Crippen molar-refractivity contribution >= 4 is 5.52 Å². The summed E-state index contributed by atoms with van der Waals surface area (Å²) in [6.07, 6.45) is 14.5. The van der Waals surface area contributed by atoms with E-state index >= 15 is 0 Å². The third-order valence-electron chi connectivity index (χ3n) is 8.02. The second-order valence-corrected chi connectivity index (χ2v) is 10.2. The Morgan fingerprint density at radius 1 is 0.909 bits per heavy atom. The van der Waals surface area contributed by atoms with Gasteiger partial charge in [0.25, 0.3) is 0 Å². The lowest BCUT2D eigenvalue weighted by Gasteiger charge is -2.33. The van der Waals surface area contributed by atoms with Gasteiger partial charge in [-0.3, -0.25) is 0 Å². The van der Waals surface area contributed by atoms with Crippen LogP contribution in [0.2, 0.25) is 0 Å². The molecule has 0 unspecified atom stereocenters. The normalized spacial score (nSPS) is 25.2. The molecule has 2 saturated carbocycles. The van der Waals surface area contributed by atoms with Crippen LogP contribution in [-0.2, 0) is 4.74 Å². The van der Waals surface area contributed by atoms with Crippen molar-refractivity contribution in [1.29, 1.82) is 0 Å². The number of aliphatic hydroxyl groups is 1. The number of fused-ring (bicyclic) bond motifs is 1. The van der Waals surface area contributed by atoms with E-state index in [9.17, 15) is 5.11 Å². The van der Waals surface area contributed by atoms with Gasteiger partial charge in [0, 0.05) is 24.6 Å². The molecule has 3 fully saturated rings. The van der Waals surface area contributed by atoms with Gasteiger partial charge in [0.15, 0.2) is 0 Å². The third-order valence-corrected chi connectivity index (χ3v) is 8.02. The largest absolute Gasteiger partial charge is 0.490 e. The van der Waals surface area contributed by atoms with Gasteiger partial charge in [0.1, 0.15) is 11.9 Å². The first-order chi connectivity index (χ1) is 16.3. The number of pyridine rings is 1. The van der Waals surface area contributed by atoms with Crippen molar-refractivity contribution in [2.75, 3.05) is 13.2 Å². The molecule has 2 aromatic heterocycles. The molecule has 1 aliphatic heterocycles. The molecule has 3 heterocycles. The van der Waals surface area contributed by atoms with Gasteiger partial charge in [-0.1, -0.05) is 12.1 Å². The topological polar surface area (TPSA) is 56.0 Å². The predicted octanol–water partition coefficient (Wildman–Crippen LogP) is 5.78. The molecule has 3 aromatic rings. The summed E-state index contributed by atoms with van der Waals surface area (Å²) in [5.41, 5.74) is 4.96. The summed E-state index contributed by atoms with van der Waals surface area (Å²) in [7, 11) is 0. The zero-order chi connectivity index (χ0) is 22.2. The molecule has 1 N–H and O–H groups in total. The summed E-state index contributed by atoms with van der Waals surface area (Å²) in [4.78, 5) is 4.34. The van der Waals surface area contributed by atoms with Gasteiger partial charge in [-0.2, -0.15) is 0 Å². The van der Waals surface area contributed by atoms with Crippen molar-refractivity contribution in [3.05, 3.63) is 65.7 Å². The highest BCUT2D eigenvalue weighted by Crippen LogP contribution is 2.48. The number of hydrogen-bond acceptors (Lipinski definition) is 4. The molecule has 1 atom stereocenters. The number of aromatic nitrogens is 2. The first-order valence-corrected chi connectivity index (χ1v) is 12.7. The second-order valence-electron chi connectivity index (χ2n) is 10.2. The van der Waals surface area contributed by atoms with Crippen LogP contribution in [0.3, 0.4) is 0 Å². The Balaban J connectivity index is 1.11. The van der Waals surface area contributed by atoms with Gasteiger partial charge >= 0.3 is 0 Å². The van der Waals surface area contributed by atoms with Crippen molar-refractivity contribution in [1.82, 2.24) is 9.38 Å².